The number of ether oxygens (including phenoxy) is 2. The average Bonchev–Trinajstić information content (AvgIpc) is 3.04. The van der Waals surface area contributed by atoms with Crippen LogP contribution in [0.4, 0.5) is 0 Å². The Morgan fingerprint density at radius 3 is 1.48 bits per heavy atom. The van der Waals surface area contributed by atoms with E-state index in [2.05, 4.69) is 13.8 Å². The molecular weight excluding hydrogens is 556 g/mol. The number of aromatic hydroxyl groups is 2. The van der Waals surface area contributed by atoms with Crippen LogP contribution in [-0.4, -0.2) is 41.1 Å². The topological polar surface area (TPSA) is 110 Å². The second-order valence-electron chi connectivity index (χ2n) is 10.7. The zero-order chi connectivity index (χ0) is 32.0. The zero-order valence-corrected chi connectivity index (χ0v) is 26.3. The first-order chi connectivity index (χ1) is 21.4. The molecular formula is C37H48O7. The highest BCUT2D eigenvalue weighted by atomic mass is 16.5. The van der Waals surface area contributed by atoms with Crippen LogP contribution >= 0.6 is 0 Å². The van der Waals surface area contributed by atoms with Crippen LogP contribution in [0.5, 0.6) is 11.5 Å². The summed E-state index contributed by atoms with van der Waals surface area (Å²) in [5, 5.41) is 18.7. The van der Waals surface area contributed by atoms with Crippen LogP contribution in [0.1, 0.15) is 128 Å². The highest BCUT2D eigenvalue weighted by Gasteiger charge is 2.19. The lowest BCUT2D eigenvalue weighted by Gasteiger charge is -2.10. The molecule has 7 heteroatoms. The minimum atomic E-state index is -0.444. The van der Waals surface area contributed by atoms with Crippen molar-refractivity contribution in [3.63, 3.8) is 0 Å². The van der Waals surface area contributed by atoms with Crippen molar-refractivity contribution < 1.29 is 34.1 Å². The predicted molar refractivity (Wildman–Crippen MR) is 173 cm³/mol. The molecule has 0 spiro atoms. The van der Waals surface area contributed by atoms with Gasteiger partial charge in [0.05, 0.1) is 29.9 Å². The van der Waals surface area contributed by atoms with E-state index in [1.165, 1.54) is 63.5 Å². The molecule has 3 rings (SSSR count). The van der Waals surface area contributed by atoms with E-state index < -0.39 is 11.9 Å². The van der Waals surface area contributed by atoms with Gasteiger partial charge in [0.25, 0.3) is 0 Å². The van der Waals surface area contributed by atoms with E-state index in [4.69, 9.17) is 14.6 Å². The second-order valence-corrected chi connectivity index (χ2v) is 10.7. The van der Waals surface area contributed by atoms with Crippen molar-refractivity contribution in [2.24, 2.45) is 0 Å². The standard InChI is InChI=1S/C24H38O4.C13H10O3/c1-3-5-7-9-11-15-19-27-23(25)21-17-13-14-18-22(21)24(26)28-20-16-12-10-8-6-4-2;14-10-6-7-11(12(15)8-10)13(16)9-4-2-1-3-5-9/h13-14,17-18H,3-12,15-16,19-20H2,1-2H3;1-8,14-15H. The van der Waals surface area contributed by atoms with Gasteiger partial charge in [-0.3, -0.25) is 4.79 Å². The Balaban J connectivity index is 0.000000354. The predicted octanol–water partition coefficient (Wildman–Crippen LogP) is 9.05. The number of rotatable bonds is 18. The number of phenolic OH excluding ortho intramolecular Hbond substituents is 2. The van der Waals surface area contributed by atoms with Crippen LogP contribution in [0.3, 0.4) is 0 Å². The third kappa shape index (κ3) is 13.4. The normalized spacial score (nSPS) is 10.4. The quantitative estimate of drug-likeness (QED) is 0.0846. The third-order valence-corrected chi connectivity index (χ3v) is 7.09. The summed E-state index contributed by atoms with van der Waals surface area (Å²) >= 11 is 0. The van der Waals surface area contributed by atoms with Gasteiger partial charge in [0.1, 0.15) is 11.5 Å². The van der Waals surface area contributed by atoms with E-state index in [1.807, 2.05) is 6.07 Å². The summed E-state index contributed by atoms with van der Waals surface area (Å²) in [7, 11) is 0. The Labute approximate surface area is 262 Å². The zero-order valence-electron chi connectivity index (χ0n) is 26.3. The Hall–Kier alpha value is -4.13. The number of unbranched alkanes of at least 4 members (excludes halogenated alkanes) is 10. The number of hydrogen-bond acceptors (Lipinski definition) is 7. The molecule has 0 aliphatic carbocycles. The number of esters is 2. The molecule has 0 saturated heterocycles. The highest BCUT2D eigenvalue weighted by molar-refractivity contribution is 6.10. The summed E-state index contributed by atoms with van der Waals surface area (Å²) in [5.41, 5.74) is 1.27. The van der Waals surface area contributed by atoms with Gasteiger partial charge in [0.15, 0.2) is 5.78 Å². The molecule has 0 aliphatic heterocycles. The smallest absolute Gasteiger partial charge is 0.339 e. The Kier molecular flexibility index (Phi) is 17.7. The lowest BCUT2D eigenvalue weighted by Crippen LogP contribution is -2.15. The van der Waals surface area contributed by atoms with Crippen molar-refractivity contribution in [2.75, 3.05) is 13.2 Å². The van der Waals surface area contributed by atoms with E-state index in [-0.39, 0.29) is 22.8 Å². The van der Waals surface area contributed by atoms with Crippen LogP contribution in [0.15, 0.2) is 72.8 Å². The van der Waals surface area contributed by atoms with Crippen molar-refractivity contribution in [1.82, 2.24) is 0 Å². The van der Waals surface area contributed by atoms with E-state index in [0.717, 1.165) is 31.7 Å². The van der Waals surface area contributed by atoms with Gasteiger partial charge in [-0.25, -0.2) is 9.59 Å². The summed E-state index contributed by atoms with van der Waals surface area (Å²) in [6, 6.07) is 19.3. The van der Waals surface area contributed by atoms with Crippen LogP contribution < -0.4 is 0 Å². The van der Waals surface area contributed by atoms with Gasteiger partial charge in [-0.05, 0) is 37.1 Å². The van der Waals surface area contributed by atoms with Crippen LogP contribution in [0.2, 0.25) is 0 Å². The number of carbonyl (C=O) groups excluding carboxylic acids is 3. The van der Waals surface area contributed by atoms with Gasteiger partial charge in [-0.15, -0.1) is 0 Å². The largest absolute Gasteiger partial charge is 0.508 e. The van der Waals surface area contributed by atoms with Crippen molar-refractivity contribution >= 4 is 17.7 Å². The summed E-state index contributed by atoms with van der Waals surface area (Å²) < 4.78 is 10.7. The van der Waals surface area contributed by atoms with E-state index >= 15 is 0 Å². The molecule has 0 bridgehead atoms. The van der Waals surface area contributed by atoms with E-state index in [0.29, 0.717) is 29.9 Å². The third-order valence-electron chi connectivity index (χ3n) is 7.09. The van der Waals surface area contributed by atoms with Gasteiger partial charge in [-0.2, -0.15) is 0 Å². The number of hydrogen-bond donors (Lipinski definition) is 2. The minimum absolute atomic E-state index is 0.0675. The highest BCUT2D eigenvalue weighted by Crippen LogP contribution is 2.24. The first kappa shape index (κ1) is 36.1. The van der Waals surface area contributed by atoms with Crippen molar-refractivity contribution in [3.8, 4) is 11.5 Å². The Morgan fingerprint density at radius 2 is 1.00 bits per heavy atom. The molecule has 0 amide bonds. The lowest BCUT2D eigenvalue weighted by atomic mass is 10.0. The molecule has 0 unspecified atom stereocenters. The van der Waals surface area contributed by atoms with Gasteiger partial charge in [0, 0.05) is 11.6 Å². The maximum atomic E-state index is 12.4. The molecule has 2 N–H and O–H groups in total. The van der Waals surface area contributed by atoms with Crippen LogP contribution in [0, 0.1) is 0 Å². The fourth-order valence-electron chi connectivity index (χ4n) is 4.55. The van der Waals surface area contributed by atoms with Crippen LogP contribution in [0.25, 0.3) is 0 Å². The second kappa shape index (κ2) is 21.5. The SMILES string of the molecule is CCCCCCCCOC(=O)c1ccccc1C(=O)OCCCCCCCC.O=C(c1ccccc1)c1ccc(O)cc1O. The average molecular weight is 605 g/mol. The number of phenols is 2. The molecule has 3 aromatic rings. The molecule has 0 atom stereocenters. The number of benzene rings is 3. The molecule has 7 nitrogen and oxygen atoms in total. The summed E-state index contributed by atoms with van der Waals surface area (Å²) in [6.07, 6.45) is 13.6. The van der Waals surface area contributed by atoms with E-state index in [1.54, 1.807) is 48.5 Å². The maximum Gasteiger partial charge on any atom is 0.339 e. The molecule has 0 aromatic heterocycles. The van der Waals surface area contributed by atoms with Gasteiger partial charge >= 0.3 is 11.9 Å². The molecule has 0 aliphatic rings. The molecule has 3 aromatic carbocycles. The first-order valence-corrected chi connectivity index (χ1v) is 15.9. The molecule has 238 valence electrons. The molecule has 0 fully saturated rings. The van der Waals surface area contributed by atoms with Crippen molar-refractivity contribution in [3.05, 3.63) is 95.1 Å². The van der Waals surface area contributed by atoms with Gasteiger partial charge < -0.3 is 19.7 Å². The van der Waals surface area contributed by atoms with Crippen molar-refractivity contribution in [1.29, 1.82) is 0 Å². The van der Waals surface area contributed by atoms with Gasteiger partial charge in [0.2, 0.25) is 0 Å². The minimum Gasteiger partial charge on any atom is -0.508 e. The van der Waals surface area contributed by atoms with Gasteiger partial charge in [-0.1, -0.05) is 121 Å². The summed E-state index contributed by atoms with van der Waals surface area (Å²) in [4.78, 5) is 36.6. The fraction of sp³-hybridized carbons (Fsp3) is 0.432. The summed E-state index contributed by atoms with van der Waals surface area (Å²) in [5.74, 6) is -1.43. The first-order valence-electron chi connectivity index (χ1n) is 15.9. The summed E-state index contributed by atoms with van der Waals surface area (Å²) in [6.45, 7) is 5.17. The Bertz CT molecular complexity index is 1220. The lowest BCUT2D eigenvalue weighted by molar-refractivity contribution is 0.0450. The molecule has 0 heterocycles. The molecule has 0 saturated carbocycles. The molecule has 0 radical (unpaired) electrons. The Morgan fingerprint density at radius 1 is 0.545 bits per heavy atom. The number of carbonyl (C=O) groups is 3. The van der Waals surface area contributed by atoms with E-state index in [9.17, 15) is 19.5 Å². The fourth-order valence-corrected chi connectivity index (χ4v) is 4.55. The maximum absolute atomic E-state index is 12.4. The van der Waals surface area contributed by atoms with Crippen LogP contribution in [-0.2, 0) is 9.47 Å². The number of ketones is 1. The van der Waals surface area contributed by atoms with Crippen molar-refractivity contribution in [2.45, 2.75) is 90.9 Å². The monoisotopic (exact) mass is 604 g/mol. The molecule has 44 heavy (non-hydrogen) atoms.